The fourth-order valence-corrected chi connectivity index (χ4v) is 2.42. The third-order valence-corrected chi connectivity index (χ3v) is 4.93. The molecule has 0 rings (SSSR count). The Bertz CT molecular complexity index is 256. The van der Waals surface area contributed by atoms with Gasteiger partial charge < -0.3 is 9.47 Å². The summed E-state index contributed by atoms with van der Waals surface area (Å²) in [6, 6.07) is 0. The first-order valence-corrected chi connectivity index (χ1v) is 9.63. The summed E-state index contributed by atoms with van der Waals surface area (Å²) >= 11 is 4.16. The first kappa shape index (κ1) is 20.4. The van der Waals surface area contributed by atoms with E-state index in [0.717, 1.165) is 25.7 Å². The van der Waals surface area contributed by atoms with Gasteiger partial charge in [-0.1, -0.05) is 71.9 Å². The minimum absolute atomic E-state index is 0.179. The summed E-state index contributed by atoms with van der Waals surface area (Å²) in [5, 5.41) is 0. The molecule has 0 spiro atoms. The highest BCUT2D eigenvalue weighted by atomic mass is 127. The summed E-state index contributed by atoms with van der Waals surface area (Å²) in [5.41, 5.74) is 0. The predicted octanol–water partition coefficient (Wildman–Crippen LogP) is 4.06. The number of rotatable bonds is 11. The molecule has 0 bridgehead atoms. The number of unbranched alkanes of at least 4 members (excludes halogenated alkanes) is 2. The molecule has 0 aliphatic rings. The van der Waals surface area contributed by atoms with Crippen LogP contribution in [0.4, 0.5) is 0 Å². The van der Waals surface area contributed by atoms with Gasteiger partial charge in [0.2, 0.25) is 0 Å². The topological polar surface area (TPSA) is 52.6 Å². The number of hydrogen-bond acceptors (Lipinski definition) is 4. The van der Waals surface area contributed by atoms with Gasteiger partial charge in [-0.25, -0.2) is 0 Å². The zero-order valence-electron chi connectivity index (χ0n) is 12.2. The second-order valence-electron chi connectivity index (χ2n) is 4.55. The highest BCUT2D eigenvalue weighted by Crippen LogP contribution is 2.18. The Labute approximate surface area is 149 Å². The Morgan fingerprint density at radius 3 is 1.50 bits per heavy atom. The van der Waals surface area contributed by atoms with E-state index in [1.807, 2.05) is 0 Å². The smallest absolute Gasteiger partial charge is 0.318 e. The average molecular weight is 510 g/mol. The number of alkyl halides is 2. The zero-order chi connectivity index (χ0) is 15.4. The molecule has 0 saturated heterocycles. The second-order valence-corrected chi connectivity index (χ2v) is 7.56. The van der Waals surface area contributed by atoms with E-state index in [0.29, 0.717) is 26.1 Å². The predicted molar refractivity (Wildman–Crippen MR) is 96.6 cm³/mol. The summed E-state index contributed by atoms with van der Waals surface area (Å²) in [6.45, 7) is 5.09. The SMILES string of the molecule is CCCCOC(=O)C(I)CCC(I)C(=O)OCCCC. The van der Waals surface area contributed by atoms with E-state index in [4.69, 9.17) is 9.47 Å². The van der Waals surface area contributed by atoms with Gasteiger partial charge in [0.1, 0.15) is 7.85 Å². The fourth-order valence-electron chi connectivity index (χ4n) is 1.34. The van der Waals surface area contributed by atoms with Crippen molar-refractivity contribution in [2.24, 2.45) is 0 Å². The van der Waals surface area contributed by atoms with Gasteiger partial charge in [-0.2, -0.15) is 0 Å². The molecule has 0 saturated carbocycles. The molecule has 4 nitrogen and oxygen atoms in total. The number of ether oxygens (including phenoxy) is 2. The lowest BCUT2D eigenvalue weighted by atomic mass is 10.2. The summed E-state index contributed by atoms with van der Waals surface area (Å²) in [4.78, 5) is 23.3. The first-order valence-electron chi connectivity index (χ1n) is 7.14. The molecule has 0 aromatic rings. The number of carbonyl (C=O) groups excluding carboxylic acids is 2. The largest absolute Gasteiger partial charge is 0.465 e. The van der Waals surface area contributed by atoms with Gasteiger partial charge in [-0.3, -0.25) is 9.59 Å². The molecule has 2 unspecified atom stereocenters. The minimum atomic E-state index is -0.190. The molecule has 20 heavy (non-hydrogen) atoms. The molecule has 2 atom stereocenters. The summed E-state index contributed by atoms with van der Waals surface area (Å²) in [5.74, 6) is -0.357. The van der Waals surface area contributed by atoms with Crippen LogP contribution in [0.3, 0.4) is 0 Å². The maximum absolute atomic E-state index is 11.7. The highest BCUT2D eigenvalue weighted by Gasteiger charge is 2.21. The van der Waals surface area contributed by atoms with Gasteiger partial charge in [0.05, 0.1) is 13.2 Å². The van der Waals surface area contributed by atoms with Crippen molar-refractivity contribution in [2.75, 3.05) is 13.2 Å². The monoisotopic (exact) mass is 510 g/mol. The molecule has 0 heterocycles. The molecule has 118 valence electrons. The van der Waals surface area contributed by atoms with Crippen molar-refractivity contribution in [3.05, 3.63) is 0 Å². The van der Waals surface area contributed by atoms with E-state index in [9.17, 15) is 9.59 Å². The van der Waals surface area contributed by atoms with Crippen LogP contribution in [0.15, 0.2) is 0 Å². The van der Waals surface area contributed by atoms with Crippen molar-refractivity contribution in [3.8, 4) is 0 Å². The maximum Gasteiger partial charge on any atom is 0.318 e. The van der Waals surface area contributed by atoms with Crippen LogP contribution >= 0.6 is 45.2 Å². The molecule has 0 aliphatic heterocycles. The summed E-state index contributed by atoms with van der Waals surface area (Å²) in [6.07, 6.45) is 5.10. The third-order valence-electron chi connectivity index (χ3n) is 2.67. The second kappa shape index (κ2) is 13.1. The minimum Gasteiger partial charge on any atom is -0.465 e. The summed E-state index contributed by atoms with van der Waals surface area (Å²) < 4.78 is 9.92. The van der Waals surface area contributed by atoms with Crippen molar-refractivity contribution >= 4 is 57.1 Å². The van der Waals surface area contributed by atoms with E-state index in [1.54, 1.807) is 0 Å². The highest BCUT2D eigenvalue weighted by molar-refractivity contribution is 14.1. The third kappa shape index (κ3) is 10.2. The Morgan fingerprint density at radius 2 is 1.20 bits per heavy atom. The Hall–Kier alpha value is 0.400. The molecular formula is C14H24I2O4. The Morgan fingerprint density at radius 1 is 0.850 bits per heavy atom. The van der Waals surface area contributed by atoms with E-state index in [-0.39, 0.29) is 19.8 Å². The van der Waals surface area contributed by atoms with Crippen LogP contribution in [0.25, 0.3) is 0 Å². The zero-order valence-corrected chi connectivity index (χ0v) is 16.5. The molecule has 0 radical (unpaired) electrons. The molecule has 0 fully saturated rings. The van der Waals surface area contributed by atoms with Crippen molar-refractivity contribution in [1.82, 2.24) is 0 Å². The molecule has 0 aliphatic carbocycles. The number of carbonyl (C=O) groups is 2. The van der Waals surface area contributed by atoms with Crippen LogP contribution in [0, 0.1) is 0 Å². The van der Waals surface area contributed by atoms with Crippen molar-refractivity contribution in [2.45, 2.75) is 60.2 Å². The molecule has 0 aromatic heterocycles. The van der Waals surface area contributed by atoms with Crippen LogP contribution in [0.2, 0.25) is 0 Å². The van der Waals surface area contributed by atoms with Crippen molar-refractivity contribution in [3.63, 3.8) is 0 Å². The van der Waals surface area contributed by atoms with Crippen molar-refractivity contribution < 1.29 is 19.1 Å². The van der Waals surface area contributed by atoms with Gasteiger partial charge in [0.25, 0.3) is 0 Å². The standard InChI is InChI=1S/C14H24I2O4/c1-3-5-9-19-13(17)11(15)7-8-12(16)14(18)20-10-6-4-2/h11-12H,3-10H2,1-2H3. The van der Waals surface area contributed by atoms with Crippen molar-refractivity contribution in [1.29, 1.82) is 0 Å². The Kier molecular flexibility index (Phi) is 13.4. The van der Waals surface area contributed by atoms with Gasteiger partial charge >= 0.3 is 11.9 Å². The lowest BCUT2D eigenvalue weighted by Crippen LogP contribution is -2.22. The Balaban J connectivity index is 3.83. The molecule has 0 amide bonds. The lowest BCUT2D eigenvalue weighted by Gasteiger charge is -2.13. The number of esters is 2. The molecule has 0 N–H and O–H groups in total. The van der Waals surface area contributed by atoms with Gasteiger partial charge in [0, 0.05) is 0 Å². The lowest BCUT2D eigenvalue weighted by molar-refractivity contribution is -0.144. The average Bonchev–Trinajstić information content (AvgIpc) is 2.44. The van der Waals surface area contributed by atoms with Crippen LogP contribution in [-0.2, 0) is 19.1 Å². The van der Waals surface area contributed by atoms with Crippen LogP contribution < -0.4 is 0 Å². The van der Waals surface area contributed by atoms with E-state index >= 15 is 0 Å². The van der Waals surface area contributed by atoms with E-state index < -0.39 is 0 Å². The quantitative estimate of drug-likeness (QED) is 0.182. The van der Waals surface area contributed by atoms with E-state index in [1.165, 1.54) is 0 Å². The maximum atomic E-state index is 11.7. The van der Waals surface area contributed by atoms with Crippen LogP contribution in [0.5, 0.6) is 0 Å². The fraction of sp³-hybridized carbons (Fsp3) is 0.857. The number of hydrogen-bond donors (Lipinski definition) is 0. The normalized spacial score (nSPS) is 13.6. The van der Waals surface area contributed by atoms with Crippen LogP contribution in [0.1, 0.15) is 52.4 Å². The van der Waals surface area contributed by atoms with Gasteiger partial charge in [0.15, 0.2) is 0 Å². The van der Waals surface area contributed by atoms with Gasteiger partial charge in [-0.15, -0.1) is 0 Å². The van der Waals surface area contributed by atoms with Gasteiger partial charge in [-0.05, 0) is 25.7 Å². The van der Waals surface area contributed by atoms with E-state index in [2.05, 4.69) is 59.0 Å². The number of halogens is 2. The summed E-state index contributed by atoms with van der Waals surface area (Å²) in [7, 11) is 0. The first-order chi connectivity index (χ1) is 9.52. The molecule has 0 aromatic carbocycles. The molecule has 6 heteroatoms. The van der Waals surface area contributed by atoms with Crippen LogP contribution in [-0.4, -0.2) is 33.0 Å². The molecular weight excluding hydrogens is 486 g/mol.